The van der Waals surface area contributed by atoms with E-state index in [0.717, 1.165) is 29.6 Å². The molecule has 1 fully saturated rings. The number of aromatic nitrogens is 1. The number of aryl methyl sites for hydroxylation is 1. The highest BCUT2D eigenvalue weighted by atomic mass is 16.5. The minimum atomic E-state index is -0.341. The standard InChI is InChI=1S/C23H25N3O3/c27-22(26-14-12-25(13-15-26)19-6-2-1-3-7-19)17-29-23(28)11-10-18-16-24-21-9-5-4-8-20(18)21/h1-9,16,24H,10-15,17H2. The average Bonchev–Trinajstić information content (AvgIpc) is 3.20. The number of hydrogen-bond acceptors (Lipinski definition) is 4. The Bertz CT molecular complexity index is 975. The van der Waals surface area contributed by atoms with Gasteiger partial charge in [0.1, 0.15) is 0 Å². The molecule has 2 heterocycles. The molecule has 29 heavy (non-hydrogen) atoms. The van der Waals surface area contributed by atoms with Crippen molar-refractivity contribution in [3.8, 4) is 0 Å². The number of ether oxygens (including phenoxy) is 1. The van der Waals surface area contributed by atoms with E-state index < -0.39 is 0 Å². The minimum absolute atomic E-state index is 0.127. The van der Waals surface area contributed by atoms with Crippen LogP contribution in [0.4, 0.5) is 5.69 Å². The molecule has 1 N–H and O–H groups in total. The number of anilines is 1. The van der Waals surface area contributed by atoms with E-state index in [2.05, 4.69) is 22.0 Å². The third-order valence-corrected chi connectivity index (χ3v) is 5.38. The second kappa shape index (κ2) is 8.82. The summed E-state index contributed by atoms with van der Waals surface area (Å²) in [5.74, 6) is -0.468. The second-order valence-corrected chi connectivity index (χ2v) is 7.22. The Hall–Kier alpha value is -3.28. The molecule has 0 aliphatic carbocycles. The summed E-state index contributed by atoms with van der Waals surface area (Å²) in [6.45, 7) is 2.66. The molecule has 150 valence electrons. The maximum Gasteiger partial charge on any atom is 0.306 e. The van der Waals surface area contributed by atoms with E-state index in [1.54, 1.807) is 4.90 Å². The molecule has 0 bridgehead atoms. The van der Waals surface area contributed by atoms with Gasteiger partial charge in [-0.2, -0.15) is 0 Å². The van der Waals surface area contributed by atoms with Gasteiger partial charge >= 0.3 is 5.97 Å². The largest absolute Gasteiger partial charge is 0.456 e. The number of rotatable bonds is 6. The first-order valence-corrected chi connectivity index (χ1v) is 9.99. The third kappa shape index (κ3) is 4.59. The van der Waals surface area contributed by atoms with Gasteiger partial charge in [-0.05, 0) is 30.2 Å². The van der Waals surface area contributed by atoms with Crippen LogP contribution in [0.25, 0.3) is 10.9 Å². The summed E-state index contributed by atoms with van der Waals surface area (Å²) in [7, 11) is 0. The molecule has 0 spiro atoms. The Morgan fingerprint density at radius 1 is 0.931 bits per heavy atom. The maximum atomic E-state index is 12.4. The number of para-hydroxylation sites is 2. The van der Waals surface area contributed by atoms with Crippen molar-refractivity contribution in [1.82, 2.24) is 9.88 Å². The molecule has 0 unspecified atom stereocenters. The van der Waals surface area contributed by atoms with Crippen LogP contribution in [-0.4, -0.2) is 54.5 Å². The van der Waals surface area contributed by atoms with E-state index in [-0.39, 0.29) is 24.9 Å². The van der Waals surface area contributed by atoms with E-state index >= 15 is 0 Å². The van der Waals surface area contributed by atoms with Gasteiger partial charge in [-0.1, -0.05) is 36.4 Å². The first-order valence-electron chi connectivity index (χ1n) is 9.99. The number of nitrogens with zero attached hydrogens (tertiary/aromatic N) is 2. The predicted molar refractivity (Wildman–Crippen MR) is 113 cm³/mol. The second-order valence-electron chi connectivity index (χ2n) is 7.22. The summed E-state index contributed by atoms with van der Waals surface area (Å²) in [5, 5.41) is 1.12. The molecule has 6 heteroatoms. The molecule has 1 aromatic heterocycles. The zero-order valence-corrected chi connectivity index (χ0v) is 16.3. The van der Waals surface area contributed by atoms with Gasteiger partial charge in [-0.3, -0.25) is 9.59 Å². The number of hydrogen-bond donors (Lipinski definition) is 1. The van der Waals surface area contributed by atoms with Crippen molar-refractivity contribution in [1.29, 1.82) is 0 Å². The number of carbonyl (C=O) groups excluding carboxylic acids is 2. The first kappa shape index (κ1) is 19.1. The van der Waals surface area contributed by atoms with Gasteiger partial charge in [0.15, 0.2) is 6.61 Å². The van der Waals surface area contributed by atoms with Crippen molar-refractivity contribution in [3.05, 3.63) is 66.4 Å². The zero-order valence-electron chi connectivity index (χ0n) is 16.3. The zero-order chi connectivity index (χ0) is 20.1. The molecule has 1 aliphatic rings. The van der Waals surface area contributed by atoms with Crippen LogP contribution in [0.5, 0.6) is 0 Å². The summed E-state index contributed by atoms with van der Waals surface area (Å²) in [4.78, 5) is 31.7. The quantitative estimate of drug-likeness (QED) is 0.656. The summed E-state index contributed by atoms with van der Waals surface area (Å²) >= 11 is 0. The van der Waals surface area contributed by atoms with Crippen molar-refractivity contribution in [2.24, 2.45) is 0 Å². The molecule has 2 aromatic carbocycles. The van der Waals surface area contributed by atoms with Gasteiger partial charge in [-0.15, -0.1) is 0 Å². The Morgan fingerprint density at radius 3 is 2.45 bits per heavy atom. The molecule has 0 atom stereocenters. The van der Waals surface area contributed by atoms with Crippen LogP contribution in [0, 0.1) is 0 Å². The maximum absolute atomic E-state index is 12.4. The van der Waals surface area contributed by atoms with E-state index in [9.17, 15) is 9.59 Å². The average molecular weight is 391 g/mol. The van der Waals surface area contributed by atoms with Gasteiger partial charge in [0, 0.05) is 55.4 Å². The lowest BCUT2D eigenvalue weighted by molar-refractivity contribution is -0.152. The molecule has 0 saturated carbocycles. The molecule has 1 aliphatic heterocycles. The summed E-state index contributed by atoms with van der Waals surface area (Å²) in [5.41, 5.74) is 3.31. The van der Waals surface area contributed by atoms with Gasteiger partial charge in [-0.25, -0.2) is 0 Å². The highest BCUT2D eigenvalue weighted by Gasteiger charge is 2.22. The lowest BCUT2D eigenvalue weighted by atomic mass is 10.1. The van der Waals surface area contributed by atoms with Gasteiger partial charge in [0.25, 0.3) is 5.91 Å². The van der Waals surface area contributed by atoms with Gasteiger partial charge in [0.2, 0.25) is 0 Å². The highest BCUT2D eigenvalue weighted by Crippen LogP contribution is 2.19. The minimum Gasteiger partial charge on any atom is -0.456 e. The van der Waals surface area contributed by atoms with Crippen LogP contribution >= 0.6 is 0 Å². The number of H-pyrrole nitrogens is 1. The Kier molecular flexibility index (Phi) is 5.79. The molecule has 4 rings (SSSR count). The number of amides is 1. The monoisotopic (exact) mass is 391 g/mol. The third-order valence-electron chi connectivity index (χ3n) is 5.38. The molecule has 3 aromatic rings. The number of nitrogens with one attached hydrogen (secondary N) is 1. The van der Waals surface area contributed by atoms with E-state index in [0.29, 0.717) is 19.5 Å². The number of benzene rings is 2. The molecule has 1 saturated heterocycles. The van der Waals surface area contributed by atoms with E-state index in [4.69, 9.17) is 4.74 Å². The lowest BCUT2D eigenvalue weighted by Crippen LogP contribution is -2.49. The lowest BCUT2D eigenvalue weighted by Gasteiger charge is -2.36. The predicted octanol–water partition coefficient (Wildman–Crippen LogP) is 2.99. The van der Waals surface area contributed by atoms with Crippen LogP contribution in [0.2, 0.25) is 0 Å². The number of piperazine rings is 1. The fourth-order valence-electron chi connectivity index (χ4n) is 3.73. The van der Waals surface area contributed by atoms with Crippen LogP contribution < -0.4 is 4.90 Å². The van der Waals surface area contributed by atoms with Crippen LogP contribution in [0.15, 0.2) is 60.8 Å². The SMILES string of the molecule is O=C(CCc1c[nH]c2ccccc12)OCC(=O)N1CCN(c2ccccc2)CC1. The van der Waals surface area contributed by atoms with Crippen molar-refractivity contribution >= 4 is 28.5 Å². The fraction of sp³-hybridized carbons (Fsp3) is 0.304. The molecular weight excluding hydrogens is 366 g/mol. The van der Waals surface area contributed by atoms with Gasteiger partial charge in [0.05, 0.1) is 0 Å². The summed E-state index contributed by atoms with van der Waals surface area (Å²) in [6.07, 6.45) is 2.78. The van der Waals surface area contributed by atoms with E-state index in [1.807, 2.05) is 48.7 Å². The topological polar surface area (TPSA) is 65.6 Å². The van der Waals surface area contributed by atoms with Crippen LogP contribution in [0.1, 0.15) is 12.0 Å². The summed E-state index contributed by atoms with van der Waals surface area (Å²) < 4.78 is 5.22. The van der Waals surface area contributed by atoms with Crippen molar-refractivity contribution in [3.63, 3.8) is 0 Å². The molecule has 1 amide bonds. The number of fused-ring (bicyclic) bond motifs is 1. The molecule has 6 nitrogen and oxygen atoms in total. The van der Waals surface area contributed by atoms with Crippen LogP contribution in [-0.2, 0) is 20.7 Å². The van der Waals surface area contributed by atoms with Crippen molar-refractivity contribution in [2.75, 3.05) is 37.7 Å². The Balaban J connectivity index is 1.20. The first-order chi connectivity index (χ1) is 14.2. The normalized spacial score (nSPS) is 14.2. The molecular formula is C23H25N3O3. The Morgan fingerprint density at radius 2 is 1.66 bits per heavy atom. The number of aromatic amines is 1. The summed E-state index contributed by atoms with van der Waals surface area (Å²) in [6, 6.07) is 18.2. The fourth-order valence-corrected chi connectivity index (χ4v) is 3.73. The number of esters is 1. The van der Waals surface area contributed by atoms with Crippen molar-refractivity contribution < 1.29 is 14.3 Å². The van der Waals surface area contributed by atoms with Crippen molar-refractivity contribution in [2.45, 2.75) is 12.8 Å². The van der Waals surface area contributed by atoms with Crippen LogP contribution in [0.3, 0.4) is 0 Å². The number of carbonyl (C=O) groups is 2. The molecule has 0 radical (unpaired) electrons. The Labute approximate surface area is 170 Å². The highest BCUT2D eigenvalue weighted by molar-refractivity contribution is 5.84. The smallest absolute Gasteiger partial charge is 0.306 e. The van der Waals surface area contributed by atoms with E-state index in [1.165, 1.54) is 5.69 Å². The van der Waals surface area contributed by atoms with Gasteiger partial charge < -0.3 is 19.5 Å².